The van der Waals surface area contributed by atoms with Gasteiger partial charge in [0.15, 0.2) is 0 Å². The fourth-order valence-electron chi connectivity index (χ4n) is 5.03. The second kappa shape index (κ2) is 10.2. The van der Waals surface area contributed by atoms with E-state index in [0.717, 1.165) is 50.5 Å². The normalized spacial score (nSPS) is 11.1. The van der Waals surface area contributed by atoms with Crippen molar-refractivity contribution in [2.24, 2.45) is 7.05 Å². The van der Waals surface area contributed by atoms with Crippen LogP contribution in [0.5, 0.6) is 0 Å². The Hall–Kier alpha value is -4.29. The number of benzene rings is 4. The highest BCUT2D eigenvalue weighted by Gasteiger charge is 2.17. The van der Waals surface area contributed by atoms with Crippen molar-refractivity contribution in [2.75, 3.05) is 24.3 Å². The second-order valence-electron chi connectivity index (χ2n) is 9.47. The van der Waals surface area contributed by atoms with Gasteiger partial charge < -0.3 is 19.9 Å². The second-order valence-corrected chi connectivity index (χ2v) is 9.90. The Bertz CT molecular complexity index is 1660. The van der Waals surface area contributed by atoms with Gasteiger partial charge in [0.1, 0.15) is 5.82 Å². The first-order chi connectivity index (χ1) is 18.3. The van der Waals surface area contributed by atoms with Crippen molar-refractivity contribution in [3.05, 3.63) is 101 Å². The predicted molar refractivity (Wildman–Crippen MR) is 156 cm³/mol. The number of hydrogen-bond donors (Lipinski definition) is 2. The summed E-state index contributed by atoms with van der Waals surface area (Å²) in [6.07, 6.45) is 0. The highest BCUT2D eigenvalue weighted by molar-refractivity contribution is 6.31. The molecule has 192 valence electrons. The molecule has 38 heavy (non-hydrogen) atoms. The fraction of sp³-hybridized carbons (Fsp3) is 0.161. The number of rotatable bonds is 7. The summed E-state index contributed by atoms with van der Waals surface area (Å²) < 4.78 is 2.09. The van der Waals surface area contributed by atoms with E-state index in [9.17, 15) is 9.90 Å². The number of aromatic nitrogens is 2. The molecule has 0 spiro atoms. The predicted octanol–water partition coefficient (Wildman–Crippen LogP) is 7.25. The molecule has 5 aromatic rings. The lowest BCUT2D eigenvalue weighted by Gasteiger charge is -2.25. The topological polar surface area (TPSA) is 70.4 Å². The fourth-order valence-corrected chi connectivity index (χ4v) is 5.19. The summed E-state index contributed by atoms with van der Waals surface area (Å²) in [4.78, 5) is 18.7. The van der Waals surface area contributed by atoms with Gasteiger partial charge in [-0.25, -0.2) is 9.78 Å². The van der Waals surface area contributed by atoms with Gasteiger partial charge in [0, 0.05) is 38.3 Å². The zero-order valence-electron chi connectivity index (χ0n) is 21.8. The van der Waals surface area contributed by atoms with E-state index in [2.05, 4.69) is 53.0 Å². The van der Waals surface area contributed by atoms with Crippen LogP contribution in [0.25, 0.3) is 33.5 Å². The van der Waals surface area contributed by atoms with Crippen LogP contribution < -0.4 is 10.2 Å². The van der Waals surface area contributed by atoms with Crippen LogP contribution in [0, 0.1) is 6.92 Å². The molecule has 0 saturated heterocycles. The van der Waals surface area contributed by atoms with Gasteiger partial charge in [0.25, 0.3) is 0 Å². The van der Waals surface area contributed by atoms with Gasteiger partial charge in [-0.15, -0.1) is 0 Å². The summed E-state index contributed by atoms with van der Waals surface area (Å²) in [5.41, 5.74) is 9.17. The first-order valence-electron chi connectivity index (χ1n) is 12.3. The first kappa shape index (κ1) is 25.4. The van der Waals surface area contributed by atoms with Crippen molar-refractivity contribution in [1.29, 1.82) is 0 Å². The Morgan fingerprint density at radius 2 is 1.76 bits per heavy atom. The van der Waals surface area contributed by atoms with Crippen LogP contribution in [0.1, 0.15) is 21.5 Å². The molecule has 1 aromatic heterocycles. The molecule has 6 nitrogen and oxygen atoms in total. The number of aryl methyl sites for hydroxylation is 2. The minimum absolute atomic E-state index is 0.299. The highest BCUT2D eigenvalue weighted by Crippen LogP contribution is 2.36. The Morgan fingerprint density at radius 1 is 1.03 bits per heavy atom. The quantitative estimate of drug-likeness (QED) is 0.235. The summed E-state index contributed by atoms with van der Waals surface area (Å²) in [7, 11) is 6.03. The van der Waals surface area contributed by atoms with E-state index >= 15 is 0 Å². The smallest absolute Gasteiger partial charge is 0.336 e. The molecule has 0 aliphatic carbocycles. The average molecular weight is 525 g/mol. The molecule has 0 unspecified atom stereocenters. The first-order valence-corrected chi connectivity index (χ1v) is 12.7. The molecular weight excluding hydrogens is 496 g/mol. The van der Waals surface area contributed by atoms with Gasteiger partial charge in [-0.05, 0) is 65.6 Å². The number of anilines is 2. The number of aromatic carboxylic acids is 1. The van der Waals surface area contributed by atoms with Gasteiger partial charge >= 0.3 is 5.97 Å². The lowest BCUT2D eigenvalue weighted by atomic mass is 9.98. The summed E-state index contributed by atoms with van der Waals surface area (Å²) in [6.45, 7) is 2.78. The standard InChI is InChI=1S/C31H29ClN4O2/c1-19-15-22(30-34-26-17-23(32)13-14-27(26)36(30)4)16-28(29(19)33-2)35(3)18-20-9-11-21(12-10-20)24-7-5-6-8-25(24)31(37)38/h5-17,33H,18H2,1-4H3,(H,37,38). The highest BCUT2D eigenvalue weighted by atomic mass is 35.5. The molecule has 0 radical (unpaired) electrons. The van der Waals surface area contributed by atoms with E-state index in [-0.39, 0.29) is 0 Å². The van der Waals surface area contributed by atoms with Crippen molar-refractivity contribution in [1.82, 2.24) is 9.55 Å². The van der Waals surface area contributed by atoms with Crippen LogP contribution in [0.4, 0.5) is 11.4 Å². The third-order valence-corrected chi connectivity index (χ3v) is 7.15. The molecule has 2 N–H and O–H groups in total. The van der Waals surface area contributed by atoms with Crippen molar-refractivity contribution in [2.45, 2.75) is 13.5 Å². The van der Waals surface area contributed by atoms with Crippen molar-refractivity contribution in [3.8, 4) is 22.5 Å². The molecule has 1 heterocycles. The Morgan fingerprint density at radius 3 is 2.47 bits per heavy atom. The maximum Gasteiger partial charge on any atom is 0.336 e. The van der Waals surface area contributed by atoms with E-state index < -0.39 is 5.97 Å². The van der Waals surface area contributed by atoms with E-state index in [1.165, 1.54) is 0 Å². The zero-order valence-corrected chi connectivity index (χ0v) is 22.5. The SMILES string of the molecule is CNc1c(C)cc(-c2nc3cc(Cl)ccc3n2C)cc1N(C)Cc1ccc(-c2ccccc2C(=O)O)cc1. The van der Waals surface area contributed by atoms with Crippen molar-refractivity contribution < 1.29 is 9.90 Å². The third-order valence-electron chi connectivity index (χ3n) is 6.92. The summed E-state index contributed by atoms with van der Waals surface area (Å²) in [6, 6.07) is 25.2. The monoisotopic (exact) mass is 524 g/mol. The number of halogens is 1. The van der Waals surface area contributed by atoms with Crippen LogP contribution >= 0.6 is 11.6 Å². The third kappa shape index (κ3) is 4.71. The molecule has 0 amide bonds. The number of fused-ring (bicyclic) bond motifs is 1. The van der Waals surface area contributed by atoms with Gasteiger partial charge in [-0.1, -0.05) is 54.1 Å². The van der Waals surface area contributed by atoms with Crippen LogP contribution in [0.3, 0.4) is 0 Å². The molecule has 0 aliphatic rings. The molecule has 0 fully saturated rings. The van der Waals surface area contributed by atoms with E-state index in [4.69, 9.17) is 16.6 Å². The van der Waals surface area contributed by atoms with Gasteiger partial charge in [0.2, 0.25) is 0 Å². The summed E-state index contributed by atoms with van der Waals surface area (Å²) >= 11 is 6.21. The number of carboxylic acid groups (broad SMARTS) is 1. The minimum atomic E-state index is -0.928. The zero-order chi connectivity index (χ0) is 27.0. The maximum atomic E-state index is 11.6. The van der Waals surface area contributed by atoms with E-state index in [1.54, 1.807) is 12.1 Å². The number of carbonyl (C=O) groups is 1. The molecular formula is C31H29ClN4O2. The molecule has 0 aliphatic heterocycles. The summed E-state index contributed by atoms with van der Waals surface area (Å²) in [5.74, 6) is -0.0490. The maximum absolute atomic E-state index is 11.6. The summed E-state index contributed by atoms with van der Waals surface area (Å²) in [5, 5.41) is 13.6. The molecule has 0 atom stereocenters. The Balaban J connectivity index is 1.47. The molecule has 7 heteroatoms. The number of nitrogens with zero attached hydrogens (tertiary/aromatic N) is 3. The Labute approximate surface area is 227 Å². The lowest BCUT2D eigenvalue weighted by molar-refractivity contribution is 0.0697. The van der Waals surface area contributed by atoms with Gasteiger partial charge in [0.05, 0.1) is 28.0 Å². The minimum Gasteiger partial charge on any atom is -0.478 e. The average Bonchev–Trinajstić information content (AvgIpc) is 3.23. The number of carboxylic acids is 1. The van der Waals surface area contributed by atoms with Crippen LogP contribution in [0.2, 0.25) is 5.02 Å². The molecule has 5 rings (SSSR count). The van der Waals surface area contributed by atoms with Crippen LogP contribution in [0.15, 0.2) is 78.9 Å². The molecule has 4 aromatic carbocycles. The Kier molecular flexibility index (Phi) is 6.83. The van der Waals surface area contributed by atoms with Gasteiger partial charge in [-0.2, -0.15) is 0 Å². The number of nitrogens with one attached hydrogen (secondary N) is 1. The van der Waals surface area contributed by atoms with E-state index in [0.29, 0.717) is 22.7 Å². The number of imidazole rings is 1. The van der Waals surface area contributed by atoms with E-state index in [1.807, 2.05) is 56.6 Å². The van der Waals surface area contributed by atoms with Crippen LogP contribution in [-0.2, 0) is 13.6 Å². The molecule has 0 saturated carbocycles. The number of hydrogen-bond acceptors (Lipinski definition) is 4. The largest absolute Gasteiger partial charge is 0.478 e. The van der Waals surface area contributed by atoms with Crippen molar-refractivity contribution >= 4 is 40.0 Å². The molecule has 0 bridgehead atoms. The van der Waals surface area contributed by atoms with Gasteiger partial charge in [-0.3, -0.25) is 0 Å². The van der Waals surface area contributed by atoms with Crippen molar-refractivity contribution in [3.63, 3.8) is 0 Å². The van der Waals surface area contributed by atoms with Crippen LogP contribution in [-0.4, -0.2) is 34.7 Å². The lowest BCUT2D eigenvalue weighted by Crippen LogP contribution is -2.18.